The Kier molecular flexibility index (Phi) is 7.33. The van der Waals surface area contributed by atoms with Gasteiger partial charge in [-0.15, -0.1) is 0 Å². The first kappa shape index (κ1) is 21.7. The van der Waals surface area contributed by atoms with E-state index >= 15 is 0 Å². The lowest BCUT2D eigenvalue weighted by Crippen LogP contribution is -2.38. The van der Waals surface area contributed by atoms with Gasteiger partial charge in [-0.3, -0.25) is 9.59 Å². The fourth-order valence-electron chi connectivity index (χ4n) is 3.82. The maximum Gasteiger partial charge on any atom is 0.255 e. The van der Waals surface area contributed by atoms with Gasteiger partial charge in [0.1, 0.15) is 0 Å². The molecular formula is C24H30N2O4. The third-order valence-corrected chi connectivity index (χ3v) is 5.56. The first-order valence-electron chi connectivity index (χ1n) is 10.5. The van der Waals surface area contributed by atoms with Crippen molar-refractivity contribution in [2.45, 2.75) is 45.1 Å². The Morgan fingerprint density at radius 1 is 1.00 bits per heavy atom. The Morgan fingerprint density at radius 3 is 2.30 bits per heavy atom. The molecule has 0 aliphatic heterocycles. The van der Waals surface area contributed by atoms with E-state index in [0.717, 1.165) is 12.8 Å². The van der Waals surface area contributed by atoms with Crippen LogP contribution in [0.15, 0.2) is 42.5 Å². The molecule has 6 heteroatoms. The van der Waals surface area contributed by atoms with Gasteiger partial charge in [-0.25, -0.2) is 0 Å². The van der Waals surface area contributed by atoms with Gasteiger partial charge in [0.15, 0.2) is 11.5 Å². The maximum absolute atomic E-state index is 12.8. The monoisotopic (exact) mass is 410 g/mol. The van der Waals surface area contributed by atoms with Gasteiger partial charge in [0.05, 0.1) is 13.7 Å². The summed E-state index contributed by atoms with van der Waals surface area (Å²) in [6, 6.07) is 12.4. The van der Waals surface area contributed by atoms with E-state index in [1.54, 1.807) is 49.6 Å². The zero-order chi connectivity index (χ0) is 21.5. The van der Waals surface area contributed by atoms with Crippen molar-refractivity contribution < 1.29 is 19.1 Å². The van der Waals surface area contributed by atoms with Crippen LogP contribution in [0.4, 0.5) is 5.69 Å². The summed E-state index contributed by atoms with van der Waals surface area (Å²) in [4.78, 5) is 27.3. The number of hydrogen-bond donors (Lipinski definition) is 1. The predicted molar refractivity (Wildman–Crippen MR) is 118 cm³/mol. The Bertz CT molecular complexity index is 873. The van der Waals surface area contributed by atoms with E-state index in [2.05, 4.69) is 5.32 Å². The Labute approximate surface area is 178 Å². The largest absolute Gasteiger partial charge is 0.493 e. The highest BCUT2D eigenvalue weighted by atomic mass is 16.5. The number of amides is 2. The molecule has 1 aliphatic carbocycles. The van der Waals surface area contributed by atoms with E-state index in [4.69, 9.17) is 9.47 Å². The van der Waals surface area contributed by atoms with Crippen LogP contribution in [-0.2, 0) is 0 Å². The summed E-state index contributed by atoms with van der Waals surface area (Å²) in [5.41, 5.74) is 1.73. The van der Waals surface area contributed by atoms with E-state index in [1.165, 1.54) is 19.3 Å². The van der Waals surface area contributed by atoms with Crippen molar-refractivity contribution in [3.05, 3.63) is 53.6 Å². The summed E-state index contributed by atoms with van der Waals surface area (Å²) in [5, 5.41) is 2.86. The number of benzene rings is 2. The molecule has 0 bridgehead atoms. The number of hydrogen-bond acceptors (Lipinski definition) is 4. The molecule has 2 amide bonds. The number of carbonyl (C=O) groups is 2. The minimum absolute atomic E-state index is 0.0243. The number of carbonyl (C=O) groups excluding carboxylic acids is 2. The summed E-state index contributed by atoms with van der Waals surface area (Å²) in [6.07, 6.45) is 5.77. The van der Waals surface area contributed by atoms with Crippen molar-refractivity contribution in [1.82, 2.24) is 4.90 Å². The molecule has 1 fully saturated rings. The summed E-state index contributed by atoms with van der Waals surface area (Å²) >= 11 is 0. The average molecular weight is 411 g/mol. The van der Waals surface area contributed by atoms with Crippen LogP contribution in [0.25, 0.3) is 0 Å². The molecule has 0 aromatic heterocycles. The SMILES string of the molecule is CCOc1cc(C(=O)Nc2ccc(C(=O)N(C)C3CCCCC3)cc2)ccc1OC. The minimum Gasteiger partial charge on any atom is -0.493 e. The summed E-state index contributed by atoms with van der Waals surface area (Å²) < 4.78 is 10.8. The molecule has 1 saturated carbocycles. The number of nitrogens with one attached hydrogen (secondary N) is 1. The molecule has 1 N–H and O–H groups in total. The average Bonchev–Trinajstić information content (AvgIpc) is 2.79. The topological polar surface area (TPSA) is 67.9 Å². The van der Waals surface area contributed by atoms with E-state index in [0.29, 0.717) is 41.0 Å². The quantitative estimate of drug-likeness (QED) is 0.715. The van der Waals surface area contributed by atoms with Gasteiger partial charge in [0.2, 0.25) is 0 Å². The minimum atomic E-state index is -0.253. The van der Waals surface area contributed by atoms with Crippen LogP contribution in [0.2, 0.25) is 0 Å². The zero-order valence-corrected chi connectivity index (χ0v) is 17.9. The number of ether oxygens (including phenoxy) is 2. The van der Waals surface area contributed by atoms with Crippen LogP contribution >= 0.6 is 0 Å². The second-order valence-corrected chi connectivity index (χ2v) is 7.54. The standard InChI is InChI=1S/C24H30N2O4/c1-4-30-22-16-18(12-15-21(22)29-3)23(27)25-19-13-10-17(11-14-19)24(28)26(2)20-8-6-5-7-9-20/h10-16,20H,4-9H2,1-3H3,(H,25,27). The van der Waals surface area contributed by atoms with Gasteiger partial charge >= 0.3 is 0 Å². The summed E-state index contributed by atoms with van der Waals surface area (Å²) in [7, 11) is 3.44. The number of anilines is 1. The Hall–Kier alpha value is -3.02. The highest BCUT2D eigenvalue weighted by Gasteiger charge is 2.23. The molecule has 2 aromatic carbocycles. The fraction of sp³-hybridized carbons (Fsp3) is 0.417. The fourth-order valence-corrected chi connectivity index (χ4v) is 3.82. The number of methoxy groups -OCH3 is 1. The molecule has 0 atom stereocenters. The van der Waals surface area contributed by atoms with Crippen molar-refractivity contribution in [3.63, 3.8) is 0 Å². The smallest absolute Gasteiger partial charge is 0.255 e. The molecule has 0 unspecified atom stereocenters. The molecule has 160 valence electrons. The highest BCUT2D eigenvalue weighted by molar-refractivity contribution is 6.05. The van der Waals surface area contributed by atoms with Gasteiger partial charge in [-0.05, 0) is 62.2 Å². The second-order valence-electron chi connectivity index (χ2n) is 7.54. The van der Waals surface area contributed by atoms with E-state index < -0.39 is 0 Å². The highest BCUT2D eigenvalue weighted by Crippen LogP contribution is 2.28. The number of rotatable bonds is 7. The molecule has 0 spiro atoms. The third kappa shape index (κ3) is 5.12. The van der Waals surface area contributed by atoms with Crippen LogP contribution in [-0.4, -0.2) is 43.5 Å². The van der Waals surface area contributed by atoms with Crippen LogP contribution in [0.5, 0.6) is 11.5 Å². The van der Waals surface area contributed by atoms with Gasteiger partial charge in [-0.2, -0.15) is 0 Å². The lowest BCUT2D eigenvalue weighted by Gasteiger charge is -2.31. The van der Waals surface area contributed by atoms with Crippen LogP contribution in [0.3, 0.4) is 0 Å². The molecule has 0 saturated heterocycles. The van der Waals surface area contributed by atoms with Crippen molar-refractivity contribution in [1.29, 1.82) is 0 Å². The van der Waals surface area contributed by atoms with E-state index in [-0.39, 0.29) is 11.8 Å². The van der Waals surface area contributed by atoms with Gasteiger partial charge in [0.25, 0.3) is 11.8 Å². The van der Waals surface area contributed by atoms with E-state index in [9.17, 15) is 9.59 Å². The first-order valence-corrected chi connectivity index (χ1v) is 10.5. The third-order valence-electron chi connectivity index (χ3n) is 5.56. The van der Waals surface area contributed by atoms with Crippen molar-refractivity contribution >= 4 is 17.5 Å². The summed E-state index contributed by atoms with van der Waals surface area (Å²) in [5.74, 6) is 0.881. The van der Waals surface area contributed by atoms with Gasteiger partial charge in [0, 0.05) is 29.9 Å². The van der Waals surface area contributed by atoms with Gasteiger partial charge < -0.3 is 19.7 Å². The second kappa shape index (κ2) is 10.1. The molecule has 30 heavy (non-hydrogen) atoms. The van der Waals surface area contributed by atoms with Gasteiger partial charge in [-0.1, -0.05) is 19.3 Å². The molecule has 3 rings (SSSR count). The van der Waals surface area contributed by atoms with E-state index in [1.807, 2.05) is 18.9 Å². The predicted octanol–water partition coefficient (Wildman–Crippen LogP) is 4.75. The Balaban J connectivity index is 1.65. The van der Waals surface area contributed by atoms with Crippen molar-refractivity contribution in [2.75, 3.05) is 26.1 Å². The summed E-state index contributed by atoms with van der Waals surface area (Å²) in [6.45, 7) is 2.35. The molecule has 0 radical (unpaired) electrons. The molecular weight excluding hydrogens is 380 g/mol. The van der Waals surface area contributed by atoms with Crippen molar-refractivity contribution in [3.8, 4) is 11.5 Å². The Morgan fingerprint density at radius 2 is 1.67 bits per heavy atom. The molecule has 6 nitrogen and oxygen atoms in total. The lowest BCUT2D eigenvalue weighted by atomic mass is 9.94. The first-order chi connectivity index (χ1) is 14.5. The van der Waals surface area contributed by atoms with Crippen molar-refractivity contribution in [2.24, 2.45) is 0 Å². The molecule has 0 heterocycles. The van der Waals surface area contributed by atoms with Crippen LogP contribution in [0, 0.1) is 0 Å². The van der Waals surface area contributed by atoms with Crippen LogP contribution < -0.4 is 14.8 Å². The molecule has 1 aliphatic rings. The maximum atomic E-state index is 12.8. The molecule has 2 aromatic rings. The number of nitrogens with zero attached hydrogens (tertiary/aromatic N) is 1. The normalized spacial score (nSPS) is 14.1. The van der Waals surface area contributed by atoms with Crippen LogP contribution in [0.1, 0.15) is 59.7 Å². The zero-order valence-electron chi connectivity index (χ0n) is 17.9. The lowest BCUT2D eigenvalue weighted by molar-refractivity contribution is 0.0696.